The van der Waals surface area contributed by atoms with E-state index in [-0.39, 0.29) is 24.8 Å². The molecule has 0 aromatic heterocycles. The quantitative estimate of drug-likeness (QED) is 0.548. The van der Waals surface area contributed by atoms with E-state index in [9.17, 15) is 9.59 Å². The topological polar surface area (TPSA) is 77.5 Å². The van der Waals surface area contributed by atoms with Gasteiger partial charge in [0.15, 0.2) is 11.5 Å². The first kappa shape index (κ1) is 24.5. The zero-order valence-corrected chi connectivity index (χ0v) is 20.3. The van der Waals surface area contributed by atoms with Gasteiger partial charge in [-0.25, -0.2) is 0 Å². The molecule has 3 rings (SSSR count). The number of benzene rings is 2. The Morgan fingerprint density at radius 2 is 1.67 bits per heavy atom. The summed E-state index contributed by atoms with van der Waals surface area (Å²) in [6, 6.07) is 8.83. The van der Waals surface area contributed by atoms with Crippen LogP contribution in [0.25, 0.3) is 0 Å². The molecule has 2 aromatic carbocycles. The first-order chi connectivity index (χ1) is 15.9. The molecule has 1 aliphatic rings. The Balaban J connectivity index is 1.78. The van der Waals surface area contributed by atoms with Crippen molar-refractivity contribution in [2.75, 3.05) is 46.4 Å². The van der Waals surface area contributed by atoms with Crippen molar-refractivity contribution < 1.29 is 28.5 Å². The van der Waals surface area contributed by atoms with Crippen molar-refractivity contribution in [3.63, 3.8) is 0 Å². The first-order valence-electron chi connectivity index (χ1n) is 10.6. The predicted molar refractivity (Wildman–Crippen MR) is 126 cm³/mol. The summed E-state index contributed by atoms with van der Waals surface area (Å²) in [5.41, 5.74) is 1.43. The van der Waals surface area contributed by atoms with Crippen molar-refractivity contribution >= 4 is 29.1 Å². The molecule has 8 nitrogen and oxygen atoms in total. The van der Waals surface area contributed by atoms with Crippen LogP contribution in [-0.2, 0) is 16.1 Å². The van der Waals surface area contributed by atoms with Crippen LogP contribution in [0, 0.1) is 5.92 Å². The number of amides is 2. The van der Waals surface area contributed by atoms with Gasteiger partial charge >= 0.3 is 0 Å². The van der Waals surface area contributed by atoms with Crippen LogP contribution in [0.5, 0.6) is 23.0 Å². The maximum Gasteiger partial charge on any atom is 0.228 e. The highest BCUT2D eigenvalue weighted by molar-refractivity contribution is 6.32. The van der Waals surface area contributed by atoms with Crippen LogP contribution in [0.2, 0.25) is 5.02 Å². The lowest BCUT2D eigenvalue weighted by Gasteiger charge is -2.25. The van der Waals surface area contributed by atoms with Crippen molar-refractivity contribution in [3.05, 3.63) is 40.9 Å². The van der Waals surface area contributed by atoms with Gasteiger partial charge in [-0.15, -0.1) is 0 Å². The molecule has 1 unspecified atom stereocenters. The summed E-state index contributed by atoms with van der Waals surface area (Å²) in [4.78, 5) is 29.4. The van der Waals surface area contributed by atoms with Gasteiger partial charge in [0.2, 0.25) is 11.8 Å². The molecule has 1 saturated heterocycles. The summed E-state index contributed by atoms with van der Waals surface area (Å²) in [6.45, 7) is 3.08. The fourth-order valence-corrected chi connectivity index (χ4v) is 4.20. The molecule has 0 saturated carbocycles. The van der Waals surface area contributed by atoms with E-state index in [0.29, 0.717) is 46.8 Å². The van der Waals surface area contributed by atoms with Crippen LogP contribution >= 0.6 is 11.6 Å². The van der Waals surface area contributed by atoms with E-state index in [2.05, 4.69) is 0 Å². The second-order valence-electron chi connectivity index (χ2n) is 7.61. The second kappa shape index (κ2) is 10.7. The van der Waals surface area contributed by atoms with Gasteiger partial charge in [-0.05, 0) is 30.7 Å². The van der Waals surface area contributed by atoms with Crippen molar-refractivity contribution in [2.24, 2.45) is 5.92 Å². The van der Waals surface area contributed by atoms with Crippen molar-refractivity contribution in [1.29, 1.82) is 0 Å². The minimum Gasteiger partial charge on any atom is -0.495 e. The molecule has 0 N–H and O–H groups in total. The highest BCUT2D eigenvalue weighted by Gasteiger charge is 2.38. The predicted octanol–water partition coefficient (Wildman–Crippen LogP) is 3.78. The van der Waals surface area contributed by atoms with Gasteiger partial charge in [-0.3, -0.25) is 9.59 Å². The number of methoxy groups -OCH3 is 4. The second-order valence-corrected chi connectivity index (χ2v) is 8.01. The minimum absolute atomic E-state index is 0.0817. The number of carbonyl (C=O) groups is 2. The number of carbonyl (C=O) groups excluding carboxylic acids is 2. The SMILES string of the molecule is CCN(Cc1ccc(OC)c(OC)c1)C(=O)C1CC(=O)N(c2cc(Cl)c(OC)cc2OC)C1. The van der Waals surface area contributed by atoms with E-state index in [1.807, 2.05) is 25.1 Å². The number of hydrogen-bond donors (Lipinski definition) is 0. The largest absolute Gasteiger partial charge is 0.495 e. The Morgan fingerprint density at radius 1 is 1.00 bits per heavy atom. The van der Waals surface area contributed by atoms with Crippen molar-refractivity contribution in [1.82, 2.24) is 4.90 Å². The molecule has 2 amide bonds. The molecule has 0 bridgehead atoms. The van der Waals surface area contributed by atoms with Gasteiger partial charge in [0.25, 0.3) is 0 Å². The van der Waals surface area contributed by atoms with Gasteiger partial charge in [0, 0.05) is 32.1 Å². The average Bonchev–Trinajstić information content (AvgIpc) is 3.22. The Hall–Kier alpha value is -3.13. The Morgan fingerprint density at radius 3 is 2.27 bits per heavy atom. The number of halogens is 1. The van der Waals surface area contributed by atoms with E-state index in [1.165, 1.54) is 14.2 Å². The van der Waals surface area contributed by atoms with Gasteiger partial charge in [0.05, 0.1) is 45.1 Å². The van der Waals surface area contributed by atoms with Gasteiger partial charge in [-0.2, -0.15) is 0 Å². The fourth-order valence-electron chi connectivity index (χ4n) is 3.96. The minimum atomic E-state index is -0.469. The summed E-state index contributed by atoms with van der Waals surface area (Å²) in [6.07, 6.45) is 0.119. The third kappa shape index (κ3) is 5.11. The van der Waals surface area contributed by atoms with E-state index in [0.717, 1.165) is 5.56 Å². The molecule has 1 aliphatic heterocycles. The highest BCUT2D eigenvalue weighted by atomic mass is 35.5. The number of anilines is 1. The molecule has 0 spiro atoms. The zero-order chi connectivity index (χ0) is 24.1. The van der Waals surface area contributed by atoms with E-state index in [4.69, 9.17) is 30.5 Å². The molecule has 33 heavy (non-hydrogen) atoms. The molecule has 0 radical (unpaired) electrons. The lowest BCUT2D eigenvalue weighted by Crippen LogP contribution is -2.37. The molecular weight excluding hydrogens is 448 g/mol. The number of ether oxygens (including phenoxy) is 4. The van der Waals surface area contributed by atoms with Gasteiger partial charge in [0.1, 0.15) is 11.5 Å². The monoisotopic (exact) mass is 476 g/mol. The Labute approximate surface area is 198 Å². The van der Waals surface area contributed by atoms with Crippen molar-refractivity contribution in [2.45, 2.75) is 19.9 Å². The summed E-state index contributed by atoms with van der Waals surface area (Å²) in [5.74, 6) is 1.42. The lowest BCUT2D eigenvalue weighted by atomic mass is 10.1. The molecule has 1 heterocycles. The smallest absolute Gasteiger partial charge is 0.228 e. The highest BCUT2D eigenvalue weighted by Crippen LogP contribution is 2.40. The molecule has 1 fully saturated rings. The van der Waals surface area contributed by atoms with Crippen LogP contribution in [0.1, 0.15) is 18.9 Å². The third-order valence-electron chi connectivity index (χ3n) is 5.73. The zero-order valence-electron chi connectivity index (χ0n) is 19.5. The molecule has 2 aromatic rings. The van der Waals surface area contributed by atoms with Crippen LogP contribution in [-0.4, -0.2) is 58.2 Å². The molecule has 9 heteroatoms. The molecule has 0 aliphatic carbocycles. The van der Waals surface area contributed by atoms with Crippen molar-refractivity contribution in [3.8, 4) is 23.0 Å². The average molecular weight is 477 g/mol. The normalized spacial score (nSPS) is 15.4. The molecule has 178 valence electrons. The van der Waals surface area contributed by atoms with Crippen LogP contribution in [0.3, 0.4) is 0 Å². The summed E-state index contributed by atoms with van der Waals surface area (Å²) >= 11 is 6.28. The number of hydrogen-bond acceptors (Lipinski definition) is 6. The van der Waals surface area contributed by atoms with Crippen LogP contribution in [0.15, 0.2) is 30.3 Å². The molecule has 1 atom stereocenters. The number of rotatable bonds is 9. The van der Waals surface area contributed by atoms with Gasteiger partial charge < -0.3 is 28.7 Å². The molecular formula is C24H29ClN2O6. The summed E-state index contributed by atoms with van der Waals surface area (Å²) in [5, 5.41) is 0.361. The standard InChI is InChI=1S/C24H29ClN2O6/c1-6-26(13-15-7-8-19(30-2)22(9-15)33-5)24(29)16-10-23(28)27(14-16)18-11-17(25)20(31-3)12-21(18)32-4/h7-9,11-12,16H,6,10,13-14H2,1-5H3. The number of nitrogens with zero attached hydrogens (tertiary/aromatic N) is 2. The van der Waals surface area contributed by atoms with Crippen LogP contribution in [0.4, 0.5) is 5.69 Å². The first-order valence-corrected chi connectivity index (χ1v) is 11.0. The Bertz CT molecular complexity index is 1030. The van der Waals surface area contributed by atoms with E-state index >= 15 is 0 Å². The summed E-state index contributed by atoms with van der Waals surface area (Å²) in [7, 11) is 6.17. The third-order valence-corrected chi connectivity index (χ3v) is 6.03. The van der Waals surface area contributed by atoms with Gasteiger partial charge in [-0.1, -0.05) is 17.7 Å². The lowest BCUT2D eigenvalue weighted by molar-refractivity contribution is -0.136. The maximum atomic E-state index is 13.3. The maximum absolute atomic E-state index is 13.3. The van der Waals surface area contributed by atoms with Crippen LogP contribution < -0.4 is 23.8 Å². The Kier molecular flexibility index (Phi) is 7.92. The summed E-state index contributed by atoms with van der Waals surface area (Å²) < 4.78 is 21.3. The fraction of sp³-hybridized carbons (Fsp3) is 0.417. The van der Waals surface area contributed by atoms with E-state index < -0.39 is 5.92 Å². The van der Waals surface area contributed by atoms with E-state index in [1.54, 1.807) is 36.2 Å².